The van der Waals surface area contributed by atoms with Crippen LogP contribution in [-0.2, 0) is 0 Å². The minimum Gasteiger partial charge on any atom is -0.298 e. The van der Waals surface area contributed by atoms with Crippen molar-refractivity contribution in [3.63, 3.8) is 0 Å². The second kappa shape index (κ2) is 8.57. The summed E-state index contributed by atoms with van der Waals surface area (Å²) in [7, 11) is 0. The molecule has 0 saturated carbocycles. The van der Waals surface area contributed by atoms with Gasteiger partial charge in [0.2, 0.25) is 0 Å². The van der Waals surface area contributed by atoms with Crippen LogP contribution in [0.4, 0.5) is 0 Å². The second-order valence-electron chi connectivity index (χ2n) is 2.99. The maximum atomic E-state index is 4.38. The number of unbranched alkanes of at least 4 members (excludes halogenated alkanes) is 2. The van der Waals surface area contributed by atoms with Crippen molar-refractivity contribution in [1.29, 1.82) is 0 Å². The fourth-order valence-corrected chi connectivity index (χ4v) is 1.02. The van der Waals surface area contributed by atoms with Gasteiger partial charge in [-0.05, 0) is 26.2 Å². The number of nitrogens with zero attached hydrogens (tertiary/aromatic N) is 2. The summed E-state index contributed by atoms with van der Waals surface area (Å²) in [5.41, 5.74) is 0. The van der Waals surface area contributed by atoms with Gasteiger partial charge in [0.05, 0.1) is 0 Å². The van der Waals surface area contributed by atoms with Gasteiger partial charge >= 0.3 is 0 Å². The van der Waals surface area contributed by atoms with Crippen molar-refractivity contribution in [3.8, 4) is 0 Å². The molecule has 0 saturated heterocycles. The first-order valence-corrected chi connectivity index (χ1v) is 5.12. The summed E-state index contributed by atoms with van der Waals surface area (Å²) in [5.74, 6) is 0. The fourth-order valence-electron chi connectivity index (χ4n) is 1.02. The number of hydrazone groups is 1. The van der Waals surface area contributed by atoms with Crippen molar-refractivity contribution < 1.29 is 0 Å². The molecule has 0 heterocycles. The van der Waals surface area contributed by atoms with Crippen molar-refractivity contribution in [2.24, 2.45) is 5.10 Å². The molecule has 0 fully saturated rings. The van der Waals surface area contributed by atoms with Crippen LogP contribution in [0.1, 0.15) is 46.5 Å². The van der Waals surface area contributed by atoms with E-state index in [0.717, 1.165) is 19.5 Å². The van der Waals surface area contributed by atoms with Gasteiger partial charge in [0, 0.05) is 19.3 Å². The van der Waals surface area contributed by atoms with Crippen molar-refractivity contribution in [1.82, 2.24) is 5.01 Å². The van der Waals surface area contributed by atoms with E-state index in [-0.39, 0.29) is 0 Å². The molecule has 2 nitrogen and oxygen atoms in total. The van der Waals surface area contributed by atoms with E-state index in [9.17, 15) is 0 Å². The predicted octanol–water partition coefficient (Wildman–Crippen LogP) is 2.89. The van der Waals surface area contributed by atoms with E-state index < -0.39 is 0 Å². The number of hydrogen-bond donors (Lipinski definition) is 0. The van der Waals surface area contributed by atoms with Crippen molar-refractivity contribution in [3.05, 3.63) is 0 Å². The first-order valence-electron chi connectivity index (χ1n) is 5.12. The topological polar surface area (TPSA) is 15.6 Å². The smallest absolute Gasteiger partial charge is 0.0357 e. The third-order valence-corrected chi connectivity index (χ3v) is 1.78. The van der Waals surface area contributed by atoms with Crippen LogP contribution < -0.4 is 0 Å². The summed E-state index contributed by atoms with van der Waals surface area (Å²) in [6, 6.07) is 0. The Hall–Kier alpha value is -0.530. The lowest BCUT2D eigenvalue weighted by molar-refractivity contribution is 0.305. The number of rotatable bonds is 7. The Morgan fingerprint density at radius 2 is 1.92 bits per heavy atom. The van der Waals surface area contributed by atoms with E-state index in [1.54, 1.807) is 0 Å². The highest BCUT2D eigenvalue weighted by Crippen LogP contribution is 1.94. The second-order valence-corrected chi connectivity index (χ2v) is 2.99. The molecule has 0 spiro atoms. The zero-order valence-electron chi connectivity index (χ0n) is 8.71. The van der Waals surface area contributed by atoms with Gasteiger partial charge in [-0.2, -0.15) is 5.10 Å². The van der Waals surface area contributed by atoms with Gasteiger partial charge in [-0.1, -0.05) is 20.3 Å². The van der Waals surface area contributed by atoms with Gasteiger partial charge in [0.25, 0.3) is 0 Å². The fraction of sp³-hybridized carbons (Fsp3) is 0.900. The summed E-state index contributed by atoms with van der Waals surface area (Å²) in [4.78, 5) is 0. The van der Waals surface area contributed by atoms with Gasteiger partial charge in [0.15, 0.2) is 0 Å². The highest BCUT2D eigenvalue weighted by Gasteiger charge is 1.92. The summed E-state index contributed by atoms with van der Waals surface area (Å²) in [5, 5.41) is 6.50. The van der Waals surface area contributed by atoms with Crippen LogP contribution in [0.3, 0.4) is 0 Å². The zero-order chi connectivity index (χ0) is 9.23. The third-order valence-electron chi connectivity index (χ3n) is 1.78. The lowest BCUT2D eigenvalue weighted by atomic mass is 10.3. The van der Waals surface area contributed by atoms with E-state index in [1.165, 1.54) is 19.3 Å². The van der Waals surface area contributed by atoms with E-state index in [1.807, 2.05) is 6.21 Å². The summed E-state index contributed by atoms with van der Waals surface area (Å²) in [6.07, 6.45) is 6.86. The lowest BCUT2D eigenvalue weighted by Gasteiger charge is -2.14. The Balaban J connectivity index is 3.46. The highest BCUT2D eigenvalue weighted by atomic mass is 15.4. The Morgan fingerprint density at radius 3 is 2.42 bits per heavy atom. The Labute approximate surface area is 76.6 Å². The van der Waals surface area contributed by atoms with Crippen LogP contribution in [0.15, 0.2) is 5.10 Å². The van der Waals surface area contributed by atoms with E-state index in [2.05, 4.69) is 30.9 Å². The van der Waals surface area contributed by atoms with Gasteiger partial charge in [-0.25, -0.2) is 0 Å². The average Bonchev–Trinajstić information content (AvgIpc) is 2.10. The molecule has 0 aromatic heterocycles. The standard InChI is InChI=1S/C10H22N2/c1-4-7-8-9-11-12(6-3)10-5-2/h9H,4-8,10H2,1-3H3/b11-9+. The normalized spacial score (nSPS) is 10.9. The molecule has 0 rings (SSSR count). The zero-order valence-corrected chi connectivity index (χ0v) is 8.71. The van der Waals surface area contributed by atoms with Gasteiger partial charge < -0.3 is 0 Å². The predicted molar refractivity (Wildman–Crippen MR) is 55.6 cm³/mol. The van der Waals surface area contributed by atoms with Gasteiger partial charge in [0.1, 0.15) is 0 Å². The summed E-state index contributed by atoms with van der Waals surface area (Å²) in [6.45, 7) is 8.64. The minimum absolute atomic E-state index is 1.02. The molecule has 0 aromatic carbocycles. The molecule has 0 N–H and O–H groups in total. The maximum absolute atomic E-state index is 4.38. The summed E-state index contributed by atoms with van der Waals surface area (Å²) < 4.78 is 0. The van der Waals surface area contributed by atoms with E-state index >= 15 is 0 Å². The van der Waals surface area contributed by atoms with Crippen LogP contribution in [0.5, 0.6) is 0 Å². The van der Waals surface area contributed by atoms with E-state index in [0.29, 0.717) is 0 Å². The maximum Gasteiger partial charge on any atom is 0.0357 e. The largest absolute Gasteiger partial charge is 0.298 e. The molecule has 2 heteroatoms. The quantitative estimate of drug-likeness (QED) is 0.326. The Bertz CT molecular complexity index is 110. The number of hydrogen-bond acceptors (Lipinski definition) is 2. The van der Waals surface area contributed by atoms with E-state index in [4.69, 9.17) is 0 Å². The Kier molecular flexibility index (Phi) is 8.19. The van der Waals surface area contributed by atoms with Crippen LogP contribution in [0.2, 0.25) is 0 Å². The SMILES string of the molecule is CCCC/C=N/N(CC)CCC. The Morgan fingerprint density at radius 1 is 1.17 bits per heavy atom. The minimum atomic E-state index is 1.02. The van der Waals surface area contributed by atoms with Crippen LogP contribution in [0, 0.1) is 0 Å². The highest BCUT2D eigenvalue weighted by molar-refractivity contribution is 5.56. The van der Waals surface area contributed by atoms with Crippen molar-refractivity contribution in [2.45, 2.75) is 46.5 Å². The molecule has 12 heavy (non-hydrogen) atoms. The van der Waals surface area contributed by atoms with Crippen molar-refractivity contribution >= 4 is 6.21 Å². The summed E-state index contributed by atoms with van der Waals surface area (Å²) >= 11 is 0. The first-order chi connectivity index (χ1) is 5.85. The molecule has 0 bridgehead atoms. The van der Waals surface area contributed by atoms with Gasteiger partial charge in [-0.15, -0.1) is 0 Å². The molecule has 0 aromatic rings. The lowest BCUT2D eigenvalue weighted by Crippen LogP contribution is -2.17. The van der Waals surface area contributed by atoms with Crippen LogP contribution in [0.25, 0.3) is 0 Å². The molecular weight excluding hydrogens is 148 g/mol. The third kappa shape index (κ3) is 6.20. The molecule has 0 aliphatic carbocycles. The molecule has 0 radical (unpaired) electrons. The molecule has 72 valence electrons. The van der Waals surface area contributed by atoms with Gasteiger partial charge in [-0.3, -0.25) is 5.01 Å². The molecule has 0 aliphatic heterocycles. The molecule has 0 amide bonds. The van der Waals surface area contributed by atoms with Crippen LogP contribution in [-0.4, -0.2) is 24.3 Å². The van der Waals surface area contributed by atoms with Crippen LogP contribution >= 0.6 is 0 Å². The average molecular weight is 170 g/mol. The molecule has 0 unspecified atom stereocenters. The molecule has 0 atom stereocenters. The monoisotopic (exact) mass is 170 g/mol. The van der Waals surface area contributed by atoms with Crippen molar-refractivity contribution in [2.75, 3.05) is 13.1 Å². The molecule has 0 aliphatic rings. The first kappa shape index (κ1) is 11.5. The molecular formula is C10H22N2.